The van der Waals surface area contributed by atoms with Gasteiger partial charge in [-0.15, -0.1) is 11.3 Å². The summed E-state index contributed by atoms with van der Waals surface area (Å²) in [6.45, 7) is 8.18. The molecule has 0 unspecified atom stereocenters. The predicted octanol–water partition coefficient (Wildman–Crippen LogP) is 6.69. The molecule has 2 saturated heterocycles. The Kier molecular flexibility index (Phi) is 8.33. The van der Waals surface area contributed by atoms with Gasteiger partial charge in [0.2, 0.25) is 0 Å². The largest absolute Gasteiger partial charge is 0.492 e. The first-order valence-electron chi connectivity index (χ1n) is 14.4. The van der Waals surface area contributed by atoms with Crippen LogP contribution >= 0.6 is 11.3 Å². The second-order valence-electron chi connectivity index (χ2n) is 10.8. The fourth-order valence-electron chi connectivity index (χ4n) is 5.84. The lowest BCUT2D eigenvalue weighted by Gasteiger charge is -2.16. The number of benzene rings is 3. The zero-order valence-corrected chi connectivity index (χ0v) is 23.6. The van der Waals surface area contributed by atoms with E-state index in [4.69, 9.17) is 15.2 Å². The third kappa shape index (κ3) is 6.40. The minimum atomic E-state index is 0.681. The van der Waals surface area contributed by atoms with Gasteiger partial charge in [0.25, 0.3) is 0 Å². The Balaban J connectivity index is 1.16. The summed E-state index contributed by atoms with van der Waals surface area (Å²) in [5, 5.41) is 1.31. The molecule has 0 bridgehead atoms. The zero-order valence-electron chi connectivity index (χ0n) is 22.7. The fourth-order valence-corrected chi connectivity index (χ4v) is 7.07. The minimum Gasteiger partial charge on any atom is -0.492 e. The van der Waals surface area contributed by atoms with Crippen molar-refractivity contribution in [2.75, 3.05) is 58.2 Å². The molecule has 2 aliphatic rings. The summed E-state index contributed by atoms with van der Waals surface area (Å²) in [7, 11) is 0. The SMILES string of the molecule is Nc1cc(Cc2c(-c3ccc(OCCN4CCCC4)cc3)sc3ccccc23)ccc1OCCN1CCCC1. The number of hydrogen-bond acceptors (Lipinski definition) is 6. The normalized spacial score (nSPS) is 16.3. The van der Waals surface area contributed by atoms with Gasteiger partial charge >= 0.3 is 0 Å². The highest BCUT2D eigenvalue weighted by Gasteiger charge is 2.16. The van der Waals surface area contributed by atoms with E-state index in [1.807, 2.05) is 17.4 Å². The van der Waals surface area contributed by atoms with Crippen LogP contribution in [-0.2, 0) is 6.42 Å². The molecule has 0 saturated carbocycles. The van der Waals surface area contributed by atoms with Crippen LogP contribution in [-0.4, -0.2) is 62.3 Å². The van der Waals surface area contributed by atoms with Gasteiger partial charge in [-0.2, -0.15) is 0 Å². The summed E-state index contributed by atoms with van der Waals surface area (Å²) < 4.78 is 13.4. The summed E-state index contributed by atoms with van der Waals surface area (Å²) in [4.78, 5) is 6.25. The maximum Gasteiger partial charge on any atom is 0.142 e. The first kappa shape index (κ1) is 26.2. The highest BCUT2D eigenvalue weighted by atomic mass is 32.1. The summed E-state index contributed by atoms with van der Waals surface area (Å²) in [5.41, 5.74) is 10.9. The van der Waals surface area contributed by atoms with Crippen LogP contribution in [0.4, 0.5) is 5.69 Å². The average molecular weight is 542 g/mol. The molecule has 3 aromatic carbocycles. The van der Waals surface area contributed by atoms with Gasteiger partial charge in [-0.3, -0.25) is 9.80 Å². The van der Waals surface area contributed by atoms with E-state index >= 15 is 0 Å². The molecule has 0 aliphatic carbocycles. The Morgan fingerprint density at radius 2 is 1.41 bits per heavy atom. The molecular formula is C33H39N3O2S. The molecule has 204 valence electrons. The van der Waals surface area contributed by atoms with Crippen molar-refractivity contribution in [3.05, 3.63) is 77.9 Å². The highest BCUT2D eigenvalue weighted by Crippen LogP contribution is 2.40. The van der Waals surface area contributed by atoms with E-state index in [2.05, 4.69) is 70.5 Å². The molecule has 0 atom stereocenters. The van der Waals surface area contributed by atoms with Crippen molar-refractivity contribution in [2.45, 2.75) is 32.1 Å². The van der Waals surface area contributed by atoms with Gasteiger partial charge in [-0.05, 0) is 123 Å². The highest BCUT2D eigenvalue weighted by molar-refractivity contribution is 7.22. The van der Waals surface area contributed by atoms with E-state index < -0.39 is 0 Å². The number of ether oxygens (including phenoxy) is 2. The summed E-state index contributed by atoms with van der Waals surface area (Å²) >= 11 is 1.86. The van der Waals surface area contributed by atoms with Gasteiger partial charge in [0, 0.05) is 22.7 Å². The van der Waals surface area contributed by atoms with Crippen LogP contribution in [0.1, 0.15) is 36.8 Å². The van der Waals surface area contributed by atoms with Crippen molar-refractivity contribution >= 4 is 27.1 Å². The lowest BCUT2D eigenvalue weighted by Crippen LogP contribution is -2.25. The number of rotatable bonds is 11. The van der Waals surface area contributed by atoms with E-state index in [1.54, 1.807) is 0 Å². The molecule has 6 rings (SSSR count). The third-order valence-electron chi connectivity index (χ3n) is 8.01. The van der Waals surface area contributed by atoms with Crippen molar-refractivity contribution in [3.63, 3.8) is 0 Å². The minimum absolute atomic E-state index is 0.681. The topological polar surface area (TPSA) is 51.0 Å². The summed E-state index contributed by atoms with van der Waals surface area (Å²) in [6.07, 6.45) is 6.05. The van der Waals surface area contributed by atoms with Gasteiger partial charge in [0.05, 0.1) is 5.69 Å². The van der Waals surface area contributed by atoms with Crippen molar-refractivity contribution in [1.29, 1.82) is 0 Å². The van der Waals surface area contributed by atoms with Crippen LogP contribution < -0.4 is 15.2 Å². The Bertz CT molecular complexity index is 1370. The molecule has 1 aromatic heterocycles. The van der Waals surface area contributed by atoms with Crippen molar-refractivity contribution in [1.82, 2.24) is 9.80 Å². The number of anilines is 1. The second kappa shape index (κ2) is 12.4. The van der Waals surface area contributed by atoms with E-state index in [1.165, 1.54) is 83.5 Å². The van der Waals surface area contributed by atoms with Crippen LogP contribution in [0.5, 0.6) is 11.5 Å². The summed E-state index contributed by atoms with van der Waals surface area (Å²) in [5.74, 6) is 1.72. The molecule has 2 N–H and O–H groups in total. The van der Waals surface area contributed by atoms with Crippen molar-refractivity contribution in [3.8, 4) is 21.9 Å². The predicted molar refractivity (Wildman–Crippen MR) is 163 cm³/mol. The first-order valence-corrected chi connectivity index (χ1v) is 15.2. The fraction of sp³-hybridized carbons (Fsp3) is 0.394. The maximum absolute atomic E-state index is 6.45. The van der Waals surface area contributed by atoms with Crippen LogP contribution in [0.3, 0.4) is 0 Å². The average Bonchev–Trinajstić information content (AvgIpc) is 3.73. The Morgan fingerprint density at radius 3 is 2.10 bits per heavy atom. The van der Waals surface area contributed by atoms with Gasteiger partial charge < -0.3 is 15.2 Å². The van der Waals surface area contributed by atoms with Gasteiger partial charge in [-0.1, -0.05) is 24.3 Å². The van der Waals surface area contributed by atoms with Crippen molar-refractivity contribution in [2.24, 2.45) is 0 Å². The zero-order chi connectivity index (χ0) is 26.4. The van der Waals surface area contributed by atoms with Crippen LogP contribution in [0.15, 0.2) is 66.7 Å². The second-order valence-corrected chi connectivity index (χ2v) is 11.8. The lowest BCUT2D eigenvalue weighted by molar-refractivity contribution is 0.238. The third-order valence-corrected chi connectivity index (χ3v) is 9.27. The maximum atomic E-state index is 6.45. The number of nitrogens with zero attached hydrogens (tertiary/aromatic N) is 2. The Hall–Kier alpha value is -3.06. The molecule has 0 spiro atoms. The van der Waals surface area contributed by atoms with Crippen LogP contribution in [0.25, 0.3) is 20.5 Å². The quantitative estimate of drug-likeness (QED) is 0.214. The first-order chi connectivity index (χ1) is 19.2. The molecule has 6 heteroatoms. The van der Waals surface area contributed by atoms with E-state index in [0.29, 0.717) is 12.3 Å². The molecular weight excluding hydrogens is 502 g/mol. The number of fused-ring (bicyclic) bond motifs is 1. The number of nitrogen functional groups attached to an aromatic ring is 1. The summed E-state index contributed by atoms with van der Waals surface area (Å²) in [6, 6.07) is 23.6. The molecule has 5 nitrogen and oxygen atoms in total. The smallest absolute Gasteiger partial charge is 0.142 e. The van der Waals surface area contributed by atoms with Crippen molar-refractivity contribution < 1.29 is 9.47 Å². The molecule has 4 aromatic rings. The van der Waals surface area contributed by atoms with Gasteiger partial charge in [-0.25, -0.2) is 0 Å². The monoisotopic (exact) mass is 541 g/mol. The number of thiophene rings is 1. The Morgan fingerprint density at radius 1 is 0.744 bits per heavy atom. The van der Waals surface area contributed by atoms with E-state index in [-0.39, 0.29) is 0 Å². The standard InChI is InChI=1S/C33H39N3O2S/c34-30-24-25(9-14-31(30)38-22-20-36-17-5-6-18-36)23-29-28-7-1-2-8-32(28)39-33(29)26-10-12-27(13-11-26)37-21-19-35-15-3-4-16-35/h1-2,7-14,24H,3-6,15-23,34H2. The number of hydrogen-bond donors (Lipinski definition) is 1. The van der Waals surface area contributed by atoms with Crippen LogP contribution in [0.2, 0.25) is 0 Å². The molecule has 0 radical (unpaired) electrons. The Labute approximate surface area is 236 Å². The van der Waals surface area contributed by atoms with Gasteiger partial charge in [0.15, 0.2) is 0 Å². The van der Waals surface area contributed by atoms with E-state index in [9.17, 15) is 0 Å². The molecule has 0 amide bonds. The molecule has 2 fully saturated rings. The number of likely N-dealkylation sites (tertiary alicyclic amines) is 2. The lowest BCUT2D eigenvalue weighted by atomic mass is 9.98. The molecule has 3 heterocycles. The van der Waals surface area contributed by atoms with Gasteiger partial charge in [0.1, 0.15) is 24.7 Å². The molecule has 2 aliphatic heterocycles. The van der Waals surface area contributed by atoms with Crippen LogP contribution in [0, 0.1) is 0 Å². The number of nitrogens with two attached hydrogens (primary N) is 1. The van der Waals surface area contributed by atoms with E-state index in [0.717, 1.165) is 37.6 Å². The molecule has 39 heavy (non-hydrogen) atoms.